The molecule has 1 aromatic carbocycles. The van der Waals surface area contributed by atoms with E-state index in [2.05, 4.69) is 0 Å². The van der Waals surface area contributed by atoms with Gasteiger partial charge in [0.15, 0.2) is 34.7 Å². The maximum absolute atomic E-state index is 14.0. The van der Waals surface area contributed by atoms with Crippen LogP contribution in [0.4, 0.5) is 0 Å². The number of likely N-dealkylation sites (N-methyl/N-ethyl adjacent to an activating group) is 1. The fraction of sp³-hybridized carbons (Fsp3) is 0.593. The highest BCUT2D eigenvalue weighted by molar-refractivity contribution is 6.32. The van der Waals surface area contributed by atoms with Crippen LogP contribution in [-0.2, 0) is 31.1 Å². The predicted molar refractivity (Wildman–Crippen MR) is 134 cm³/mol. The Balaban J connectivity index is 2.01. The quantitative estimate of drug-likeness (QED) is 0.307. The predicted octanol–water partition coefficient (Wildman–Crippen LogP) is -0.845. The number of nitrogens with zero attached hydrogens (tertiary/aromatic N) is 1. The number of benzene rings is 1. The molecule has 1 aromatic rings. The van der Waals surface area contributed by atoms with E-state index in [1.54, 1.807) is 13.0 Å². The van der Waals surface area contributed by atoms with E-state index in [1.807, 2.05) is 20.8 Å². The van der Waals surface area contributed by atoms with Crippen molar-refractivity contribution < 1.29 is 39.3 Å². The van der Waals surface area contributed by atoms with Crippen LogP contribution in [0, 0.1) is 23.7 Å². The molecule has 2 fully saturated rings. The molecule has 11 nitrogen and oxygen atoms in total. The molecule has 7 N–H and O–H groups in total. The summed E-state index contributed by atoms with van der Waals surface area (Å²) in [5.74, 6) is -13.5. The molecule has 1 amide bonds. The Bertz CT molecular complexity index is 1280. The lowest BCUT2D eigenvalue weighted by Gasteiger charge is -2.56. The number of phenolic OH excluding ortho intramolecular Hbond substituents is 1. The molecule has 3 aliphatic rings. The van der Waals surface area contributed by atoms with Crippen molar-refractivity contribution in [2.45, 2.75) is 63.3 Å². The molecule has 2 unspecified atom stereocenters. The smallest absolute Gasteiger partial charge is 0.235 e. The number of hydrogen-bond acceptors (Lipinski definition) is 10. The molecular weight excluding hydrogens is 494 g/mol. The summed E-state index contributed by atoms with van der Waals surface area (Å²) in [6.07, 6.45) is -1.68. The molecule has 11 heteroatoms. The maximum atomic E-state index is 14.0. The third-order valence-electron chi connectivity index (χ3n) is 8.70. The number of fused-ring (bicyclic) bond motifs is 3. The zero-order chi connectivity index (χ0) is 28.8. The van der Waals surface area contributed by atoms with E-state index in [0.717, 1.165) is 0 Å². The molecule has 4 rings (SSSR count). The third-order valence-corrected chi connectivity index (χ3v) is 8.70. The highest BCUT2D eigenvalue weighted by atomic mass is 16.3. The molecule has 38 heavy (non-hydrogen) atoms. The third kappa shape index (κ3) is 3.45. The van der Waals surface area contributed by atoms with Crippen molar-refractivity contribution >= 4 is 29.0 Å². The fourth-order valence-electron chi connectivity index (χ4n) is 6.98. The number of aromatic hydroxyl groups is 1. The number of nitrogens with two attached hydrogens (primary N) is 2. The molecule has 3 aliphatic carbocycles. The molecule has 0 heterocycles. The SMILES string of the molecule is C[C@H]1c2c(CN)cc(C(C)(C)C)c(O)c2C(=O)C2C(=O)[C@]3(O)C(=O)C(C(N)=O)C(=O)[C@@H](N(C)C)[C@@H]3[C@@H](O)[C@@H]21. The summed E-state index contributed by atoms with van der Waals surface area (Å²) in [5.41, 5.74) is 8.97. The molecule has 0 aromatic heterocycles. The number of Topliss-reactive ketones (excluding diaryl/α,β-unsaturated/α-hetero) is 4. The first-order valence-electron chi connectivity index (χ1n) is 12.6. The number of carbonyl (C=O) groups excluding carboxylic acids is 5. The first-order chi connectivity index (χ1) is 17.4. The van der Waals surface area contributed by atoms with Crippen LogP contribution in [0.2, 0.25) is 0 Å². The van der Waals surface area contributed by atoms with Crippen molar-refractivity contribution in [3.63, 3.8) is 0 Å². The van der Waals surface area contributed by atoms with Crippen LogP contribution >= 0.6 is 0 Å². The van der Waals surface area contributed by atoms with Gasteiger partial charge in [-0.05, 0) is 42.6 Å². The Kier molecular flexibility index (Phi) is 6.47. The van der Waals surface area contributed by atoms with Gasteiger partial charge in [-0.3, -0.25) is 28.9 Å². The van der Waals surface area contributed by atoms with Crippen molar-refractivity contribution in [2.75, 3.05) is 14.1 Å². The van der Waals surface area contributed by atoms with Gasteiger partial charge in [0, 0.05) is 18.0 Å². The molecule has 0 spiro atoms. The summed E-state index contributed by atoms with van der Waals surface area (Å²) in [4.78, 5) is 68.1. The van der Waals surface area contributed by atoms with E-state index in [0.29, 0.717) is 16.7 Å². The monoisotopic (exact) mass is 529 g/mol. The van der Waals surface area contributed by atoms with Gasteiger partial charge in [0.05, 0.1) is 29.5 Å². The molecule has 0 aliphatic heterocycles. The lowest BCUT2D eigenvalue weighted by molar-refractivity contribution is -0.196. The first-order valence-corrected chi connectivity index (χ1v) is 12.6. The van der Waals surface area contributed by atoms with Crippen molar-refractivity contribution in [3.05, 3.63) is 28.3 Å². The van der Waals surface area contributed by atoms with Crippen LogP contribution in [0.25, 0.3) is 0 Å². The highest BCUT2D eigenvalue weighted by Crippen LogP contribution is 2.55. The van der Waals surface area contributed by atoms with Gasteiger partial charge >= 0.3 is 0 Å². The van der Waals surface area contributed by atoms with Crippen molar-refractivity contribution in [1.29, 1.82) is 0 Å². The summed E-state index contributed by atoms with van der Waals surface area (Å²) in [5, 5.41) is 34.7. The van der Waals surface area contributed by atoms with Crippen molar-refractivity contribution in [2.24, 2.45) is 35.1 Å². The van der Waals surface area contributed by atoms with Gasteiger partial charge in [-0.15, -0.1) is 0 Å². The minimum absolute atomic E-state index is 0.00962. The lowest BCUT2D eigenvalue weighted by atomic mass is 9.49. The van der Waals surface area contributed by atoms with Crippen LogP contribution in [0.5, 0.6) is 5.75 Å². The van der Waals surface area contributed by atoms with E-state index in [-0.39, 0.29) is 17.9 Å². The summed E-state index contributed by atoms with van der Waals surface area (Å²) in [6.45, 7) is 7.18. The minimum Gasteiger partial charge on any atom is -0.507 e. The lowest BCUT2D eigenvalue weighted by Crippen LogP contribution is -2.77. The second-order valence-corrected chi connectivity index (χ2v) is 12.0. The zero-order valence-electron chi connectivity index (χ0n) is 22.3. The number of hydrogen-bond donors (Lipinski definition) is 5. The van der Waals surface area contributed by atoms with Gasteiger partial charge in [0.1, 0.15) is 5.75 Å². The Labute approximate surface area is 220 Å². The molecule has 206 valence electrons. The number of primary amides is 1. The first kappa shape index (κ1) is 28.0. The van der Waals surface area contributed by atoms with Gasteiger partial charge in [-0.2, -0.15) is 0 Å². The van der Waals surface area contributed by atoms with Gasteiger partial charge in [-0.25, -0.2) is 0 Å². The van der Waals surface area contributed by atoms with E-state index >= 15 is 0 Å². The number of aliphatic hydroxyl groups is 2. The Morgan fingerprint density at radius 2 is 1.71 bits per heavy atom. The second kappa shape index (κ2) is 8.77. The van der Waals surface area contributed by atoms with Crippen LogP contribution in [0.1, 0.15) is 60.7 Å². The van der Waals surface area contributed by atoms with E-state index < -0.39 is 81.8 Å². The fourth-order valence-corrected chi connectivity index (χ4v) is 6.98. The largest absolute Gasteiger partial charge is 0.507 e. The van der Waals surface area contributed by atoms with Crippen LogP contribution in [0.3, 0.4) is 0 Å². The number of aliphatic hydroxyl groups excluding tert-OH is 1. The summed E-state index contributed by atoms with van der Waals surface area (Å²) < 4.78 is 0. The second-order valence-electron chi connectivity index (χ2n) is 12.0. The normalized spacial score (nSPS) is 35.2. The summed E-state index contributed by atoms with van der Waals surface area (Å²) in [7, 11) is 2.90. The number of rotatable bonds is 3. The minimum atomic E-state index is -3.02. The van der Waals surface area contributed by atoms with Gasteiger partial charge < -0.3 is 26.8 Å². The maximum Gasteiger partial charge on any atom is 0.235 e. The Morgan fingerprint density at radius 3 is 2.18 bits per heavy atom. The van der Waals surface area contributed by atoms with E-state index in [1.165, 1.54) is 19.0 Å². The van der Waals surface area contributed by atoms with Crippen LogP contribution < -0.4 is 11.5 Å². The zero-order valence-corrected chi connectivity index (χ0v) is 22.3. The van der Waals surface area contributed by atoms with Crippen molar-refractivity contribution in [1.82, 2.24) is 4.90 Å². The van der Waals surface area contributed by atoms with Crippen molar-refractivity contribution in [3.8, 4) is 5.75 Å². The summed E-state index contributed by atoms with van der Waals surface area (Å²) in [6, 6.07) is 0.295. The Morgan fingerprint density at radius 1 is 1.13 bits per heavy atom. The molecule has 0 radical (unpaired) electrons. The molecule has 0 bridgehead atoms. The Hall–Kier alpha value is -2.99. The van der Waals surface area contributed by atoms with E-state index in [9.17, 15) is 39.3 Å². The van der Waals surface area contributed by atoms with E-state index in [4.69, 9.17) is 11.5 Å². The van der Waals surface area contributed by atoms with Gasteiger partial charge in [0.25, 0.3) is 0 Å². The molecule has 8 atom stereocenters. The van der Waals surface area contributed by atoms with Gasteiger partial charge in [0.2, 0.25) is 5.91 Å². The summed E-state index contributed by atoms with van der Waals surface area (Å²) >= 11 is 0. The number of carbonyl (C=O) groups is 5. The number of ketones is 4. The average Bonchev–Trinajstić information content (AvgIpc) is 2.80. The molecule has 0 saturated heterocycles. The topological polar surface area (TPSA) is 201 Å². The number of phenols is 1. The number of amides is 1. The average molecular weight is 530 g/mol. The standard InChI is InChI=1S/C27H35N3O8/c1-9-12-10(8-28)7-11(26(2,3)4)19(31)14(12)20(32)15-13(9)21(33)17-18(30(5)6)22(34)16(25(29)37)24(36)27(17,38)23(15)35/h7,9,13,15-18,21,31,33,38H,8,28H2,1-6H3,(H2,29,37)/t9-,13+,15?,16?,17+,18-,21-,27-/m0/s1. The molecular formula is C27H35N3O8. The van der Waals surface area contributed by atoms with Crippen LogP contribution in [0.15, 0.2) is 6.07 Å². The van der Waals surface area contributed by atoms with Gasteiger partial charge in [-0.1, -0.05) is 27.7 Å². The van der Waals surface area contributed by atoms with Crippen LogP contribution in [-0.4, -0.2) is 81.1 Å². The molecule has 2 saturated carbocycles. The highest BCUT2D eigenvalue weighted by Gasteiger charge is 2.73.